The molecule has 86 valence electrons. The van der Waals surface area contributed by atoms with Gasteiger partial charge in [-0.2, -0.15) is 0 Å². The highest BCUT2D eigenvalue weighted by Gasteiger charge is 2.17. The van der Waals surface area contributed by atoms with Crippen molar-refractivity contribution in [3.63, 3.8) is 0 Å². The van der Waals surface area contributed by atoms with Gasteiger partial charge in [-0.15, -0.1) is 0 Å². The molecule has 0 radical (unpaired) electrons. The van der Waals surface area contributed by atoms with Gasteiger partial charge in [0.05, 0.1) is 0 Å². The second kappa shape index (κ2) is 5.52. The monoisotopic (exact) mass is 330 g/mol. The van der Waals surface area contributed by atoms with Crippen molar-refractivity contribution in [3.8, 4) is 0 Å². The number of hydrogen-bond donors (Lipinski definition) is 2. The molecule has 0 aliphatic heterocycles. The van der Waals surface area contributed by atoms with Crippen molar-refractivity contribution in [1.29, 1.82) is 0 Å². The summed E-state index contributed by atoms with van der Waals surface area (Å²) in [6.07, 6.45) is 3.82. The largest absolute Gasteiger partial charge is 0.338 e. The van der Waals surface area contributed by atoms with Crippen molar-refractivity contribution in [1.82, 2.24) is 5.32 Å². The zero-order chi connectivity index (χ0) is 11.4. The lowest BCUT2D eigenvalue weighted by Crippen LogP contribution is -2.35. The van der Waals surface area contributed by atoms with Gasteiger partial charge < -0.3 is 10.6 Å². The lowest BCUT2D eigenvalue weighted by molar-refractivity contribution is 0.243. The number of carbonyl (C=O) groups is 1. The van der Waals surface area contributed by atoms with Crippen LogP contribution in [0.5, 0.6) is 0 Å². The van der Waals surface area contributed by atoms with Crippen LogP contribution in [-0.2, 0) is 0 Å². The molecule has 4 heteroatoms. The average molecular weight is 330 g/mol. The number of hydrogen-bond acceptors (Lipinski definition) is 1. The fourth-order valence-corrected chi connectivity index (χ4v) is 2.22. The minimum Gasteiger partial charge on any atom is -0.338 e. The van der Waals surface area contributed by atoms with Crippen LogP contribution in [-0.4, -0.2) is 12.6 Å². The third kappa shape index (κ3) is 3.37. The van der Waals surface area contributed by atoms with E-state index < -0.39 is 0 Å². The molecular weight excluding hydrogens is 315 g/mol. The Kier molecular flexibility index (Phi) is 4.04. The van der Waals surface area contributed by atoms with Crippen LogP contribution in [0.25, 0.3) is 0 Å². The zero-order valence-corrected chi connectivity index (χ0v) is 11.2. The number of urea groups is 1. The van der Waals surface area contributed by atoms with E-state index in [4.69, 9.17) is 0 Å². The van der Waals surface area contributed by atoms with Gasteiger partial charge in [-0.25, -0.2) is 4.79 Å². The van der Waals surface area contributed by atoms with E-state index in [1.165, 1.54) is 19.3 Å². The van der Waals surface area contributed by atoms with Crippen LogP contribution in [0.2, 0.25) is 0 Å². The Morgan fingerprint density at radius 2 is 2.25 bits per heavy atom. The summed E-state index contributed by atoms with van der Waals surface area (Å²) in [5.41, 5.74) is 0.845. The van der Waals surface area contributed by atoms with Gasteiger partial charge in [0.15, 0.2) is 0 Å². The molecule has 1 fully saturated rings. The molecule has 0 spiro atoms. The zero-order valence-electron chi connectivity index (χ0n) is 9.00. The van der Waals surface area contributed by atoms with E-state index in [1.54, 1.807) is 0 Å². The van der Waals surface area contributed by atoms with Crippen molar-refractivity contribution in [3.05, 3.63) is 27.8 Å². The Bertz CT molecular complexity index is 377. The number of carbonyl (C=O) groups excluding carboxylic acids is 1. The molecule has 1 aliphatic rings. The maximum Gasteiger partial charge on any atom is 0.319 e. The van der Waals surface area contributed by atoms with Crippen molar-refractivity contribution < 1.29 is 4.79 Å². The van der Waals surface area contributed by atoms with E-state index in [9.17, 15) is 4.79 Å². The lowest BCUT2D eigenvalue weighted by Gasteiger charge is -2.25. The first-order valence-electron chi connectivity index (χ1n) is 5.54. The number of rotatable bonds is 3. The molecule has 0 unspecified atom stereocenters. The van der Waals surface area contributed by atoms with Gasteiger partial charge in [0.25, 0.3) is 0 Å². The summed E-state index contributed by atoms with van der Waals surface area (Å²) in [7, 11) is 0. The van der Waals surface area contributed by atoms with E-state index in [0.29, 0.717) is 5.92 Å². The number of anilines is 1. The van der Waals surface area contributed by atoms with Crippen molar-refractivity contribution in [2.75, 3.05) is 11.9 Å². The van der Waals surface area contributed by atoms with Crippen LogP contribution in [0.1, 0.15) is 19.3 Å². The summed E-state index contributed by atoms with van der Waals surface area (Å²) in [4.78, 5) is 11.5. The van der Waals surface area contributed by atoms with Crippen LogP contribution < -0.4 is 10.6 Å². The second-order valence-electron chi connectivity index (χ2n) is 4.14. The molecule has 0 saturated heterocycles. The van der Waals surface area contributed by atoms with E-state index in [-0.39, 0.29) is 6.03 Å². The Balaban J connectivity index is 1.77. The predicted octanol–water partition coefficient (Wildman–Crippen LogP) is 3.21. The standard InChI is InChI=1S/C12H15IN2O/c13-10-5-2-6-11(7-10)15-12(16)14-8-9-3-1-4-9/h2,5-7,9H,1,3-4,8H2,(H2,14,15,16). The topological polar surface area (TPSA) is 41.1 Å². The molecule has 0 bridgehead atoms. The summed E-state index contributed by atoms with van der Waals surface area (Å²) < 4.78 is 1.12. The molecule has 0 heterocycles. The van der Waals surface area contributed by atoms with E-state index >= 15 is 0 Å². The number of halogens is 1. The van der Waals surface area contributed by atoms with Crippen LogP contribution in [0.3, 0.4) is 0 Å². The van der Waals surface area contributed by atoms with Crippen LogP contribution in [0.4, 0.5) is 10.5 Å². The number of nitrogens with one attached hydrogen (secondary N) is 2. The molecule has 1 aromatic carbocycles. The molecule has 1 aromatic rings. The van der Waals surface area contributed by atoms with Gasteiger partial charge in [0.1, 0.15) is 0 Å². The number of amides is 2. The minimum atomic E-state index is -0.103. The second-order valence-corrected chi connectivity index (χ2v) is 5.39. The molecule has 0 atom stereocenters. The van der Waals surface area contributed by atoms with Crippen molar-refractivity contribution in [2.45, 2.75) is 19.3 Å². The Hall–Kier alpha value is -0.780. The number of benzene rings is 1. The van der Waals surface area contributed by atoms with Gasteiger partial charge >= 0.3 is 6.03 Å². The van der Waals surface area contributed by atoms with E-state index in [1.807, 2.05) is 24.3 Å². The van der Waals surface area contributed by atoms with Crippen LogP contribution >= 0.6 is 22.6 Å². The molecule has 2 N–H and O–H groups in total. The first kappa shape index (κ1) is 11.7. The average Bonchev–Trinajstić information content (AvgIpc) is 2.15. The smallest absolute Gasteiger partial charge is 0.319 e. The third-order valence-electron chi connectivity index (χ3n) is 2.86. The third-order valence-corrected chi connectivity index (χ3v) is 3.53. The first-order chi connectivity index (χ1) is 7.74. The Morgan fingerprint density at radius 3 is 2.88 bits per heavy atom. The van der Waals surface area contributed by atoms with Gasteiger partial charge in [0, 0.05) is 15.8 Å². The maximum atomic E-state index is 11.5. The van der Waals surface area contributed by atoms with Crippen LogP contribution in [0.15, 0.2) is 24.3 Å². The van der Waals surface area contributed by atoms with Gasteiger partial charge in [-0.1, -0.05) is 12.5 Å². The summed E-state index contributed by atoms with van der Waals surface area (Å²) >= 11 is 2.23. The summed E-state index contributed by atoms with van der Waals surface area (Å²) in [6, 6.07) is 7.67. The molecule has 3 nitrogen and oxygen atoms in total. The summed E-state index contributed by atoms with van der Waals surface area (Å²) in [6.45, 7) is 0.801. The molecule has 16 heavy (non-hydrogen) atoms. The summed E-state index contributed by atoms with van der Waals surface area (Å²) in [5.74, 6) is 0.696. The van der Waals surface area contributed by atoms with E-state index in [0.717, 1.165) is 15.8 Å². The van der Waals surface area contributed by atoms with Gasteiger partial charge in [0.2, 0.25) is 0 Å². The molecule has 1 aliphatic carbocycles. The fourth-order valence-electron chi connectivity index (χ4n) is 1.68. The Labute approximate surface area is 109 Å². The highest BCUT2D eigenvalue weighted by molar-refractivity contribution is 14.1. The minimum absolute atomic E-state index is 0.103. The molecule has 2 amide bonds. The maximum absolute atomic E-state index is 11.5. The lowest BCUT2D eigenvalue weighted by atomic mass is 9.85. The fraction of sp³-hybridized carbons (Fsp3) is 0.417. The van der Waals surface area contributed by atoms with Crippen LogP contribution in [0, 0.1) is 9.49 Å². The van der Waals surface area contributed by atoms with Gasteiger partial charge in [-0.05, 0) is 59.5 Å². The SMILES string of the molecule is O=C(NCC1CCC1)Nc1cccc(I)c1. The highest BCUT2D eigenvalue weighted by Crippen LogP contribution is 2.25. The van der Waals surface area contributed by atoms with E-state index in [2.05, 4.69) is 33.2 Å². The normalized spacial score (nSPS) is 15.3. The van der Waals surface area contributed by atoms with Gasteiger partial charge in [-0.3, -0.25) is 0 Å². The Morgan fingerprint density at radius 1 is 1.44 bits per heavy atom. The molecular formula is C12H15IN2O. The highest BCUT2D eigenvalue weighted by atomic mass is 127. The van der Waals surface area contributed by atoms with Crippen molar-refractivity contribution in [2.24, 2.45) is 5.92 Å². The molecule has 0 aromatic heterocycles. The van der Waals surface area contributed by atoms with Crippen molar-refractivity contribution >= 4 is 34.3 Å². The quantitative estimate of drug-likeness (QED) is 0.821. The molecule has 2 rings (SSSR count). The predicted molar refractivity (Wildman–Crippen MR) is 73.5 cm³/mol. The molecule has 1 saturated carbocycles. The summed E-state index contributed by atoms with van der Waals surface area (Å²) in [5, 5.41) is 5.73. The first-order valence-corrected chi connectivity index (χ1v) is 6.62.